The highest BCUT2D eigenvalue weighted by atomic mass is 19.4. The number of halogens is 3. The van der Waals surface area contributed by atoms with Crippen molar-refractivity contribution in [3.05, 3.63) is 28.3 Å². The lowest BCUT2D eigenvalue weighted by Crippen LogP contribution is -2.06. The molecule has 0 saturated heterocycles. The van der Waals surface area contributed by atoms with Crippen molar-refractivity contribution in [2.45, 2.75) is 6.18 Å². The molecule has 0 spiro atoms. The fourth-order valence-corrected chi connectivity index (χ4v) is 1.13. The summed E-state index contributed by atoms with van der Waals surface area (Å²) in [7, 11) is 0. The first-order chi connectivity index (χ1) is 6.48. The van der Waals surface area contributed by atoms with E-state index < -0.39 is 17.4 Å². The summed E-state index contributed by atoms with van der Waals surface area (Å²) < 4.78 is 36.6. The lowest BCUT2D eigenvalue weighted by molar-refractivity contribution is -0.140. The van der Waals surface area contributed by atoms with Gasteiger partial charge in [-0.3, -0.25) is 4.79 Å². The van der Waals surface area contributed by atoms with Gasteiger partial charge in [-0.05, 0) is 6.07 Å². The highest BCUT2D eigenvalue weighted by Gasteiger charge is 2.32. The Morgan fingerprint density at radius 1 is 1.36 bits per heavy atom. The lowest BCUT2D eigenvalue weighted by atomic mass is 10.3. The maximum Gasteiger partial charge on any atom is 0.431 e. The minimum absolute atomic E-state index is 0.0488. The third-order valence-corrected chi connectivity index (χ3v) is 1.76. The molecule has 0 unspecified atom stereocenters. The predicted octanol–water partition coefficient (Wildman–Crippen LogP) is 1.27. The highest BCUT2D eigenvalue weighted by molar-refractivity contribution is 5.78. The minimum Gasteiger partial charge on any atom is -0.350 e. The molecule has 7 heteroatoms. The largest absolute Gasteiger partial charge is 0.431 e. The Morgan fingerprint density at radius 3 is 2.64 bits per heavy atom. The van der Waals surface area contributed by atoms with Gasteiger partial charge in [-0.15, -0.1) is 0 Å². The van der Waals surface area contributed by atoms with E-state index in [4.69, 9.17) is 0 Å². The number of aromatic amines is 2. The van der Waals surface area contributed by atoms with E-state index >= 15 is 0 Å². The SMILES string of the molecule is O=c1[nH]ncc2[nH]c(C(F)(F)F)cc12. The topological polar surface area (TPSA) is 61.5 Å². The summed E-state index contributed by atoms with van der Waals surface area (Å²) in [5.41, 5.74) is -1.53. The van der Waals surface area contributed by atoms with Crippen LogP contribution in [0, 0.1) is 0 Å². The molecule has 74 valence electrons. The van der Waals surface area contributed by atoms with Crippen molar-refractivity contribution in [2.75, 3.05) is 0 Å². The Morgan fingerprint density at radius 2 is 2.07 bits per heavy atom. The monoisotopic (exact) mass is 203 g/mol. The van der Waals surface area contributed by atoms with Crippen molar-refractivity contribution in [1.29, 1.82) is 0 Å². The van der Waals surface area contributed by atoms with Crippen LogP contribution in [0.3, 0.4) is 0 Å². The quantitative estimate of drug-likeness (QED) is 0.677. The summed E-state index contributed by atoms with van der Waals surface area (Å²) in [6.45, 7) is 0. The van der Waals surface area contributed by atoms with Gasteiger partial charge >= 0.3 is 6.18 Å². The van der Waals surface area contributed by atoms with Crippen LogP contribution in [-0.4, -0.2) is 15.2 Å². The molecule has 4 nitrogen and oxygen atoms in total. The second-order valence-corrected chi connectivity index (χ2v) is 2.71. The van der Waals surface area contributed by atoms with Crippen LogP contribution in [0.5, 0.6) is 0 Å². The van der Waals surface area contributed by atoms with Gasteiger partial charge in [-0.1, -0.05) is 0 Å². The first kappa shape index (κ1) is 8.79. The molecular weight excluding hydrogens is 199 g/mol. The molecule has 2 rings (SSSR count). The van der Waals surface area contributed by atoms with Crippen molar-refractivity contribution in [1.82, 2.24) is 15.2 Å². The first-order valence-electron chi connectivity index (χ1n) is 3.62. The number of H-pyrrole nitrogens is 2. The van der Waals surface area contributed by atoms with Crippen molar-refractivity contribution in [2.24, 2.45) is 0 Å². The second-order valence-electron chi connectivity index (χ2n) is 2.71. The number of nitrogens with zero attached hydrogens (tertiary/aromatic N) is 1. The van der Waals surface area contributed by atoms with Crippen LogP contribution in [0.15, 0.2) is 17.1 Å². The summed E-state index contributed by atoms with van der Waals surface area (Å²) in [5, 5.41) is 5.37. The van der Waals surface area contributed by atoms with Crippen LogP contribution in [0.1, 0.15) is 5.69 Å². The fourth-order valence-electron chi connectivity index (χ4n) is 1.13. The standard InChI is InChI=1S/C7H4F3N3O/c8-7(9,10)5-1-3-4(12-5)2-11-13-6(3)14/h1-2,12H,(H,13,14). The van der Waals surface area contributed by atoms with E-state index in [-0.39, 0.29) is 10.9 Å². The number of hydrogen-bond donors (Lipinski definition) is 2. The summed E-state index contributed by atoms with van der Waals surface area (Å²) in [6.07, 6.45) is -3.35. The van der Waals surface area contributed by atoms with Crippen LogP contribution in [0.4, 0.5) is 13.2 Å². The molecule has 2 heterocycles. The molecule has 14 heavy (non-hydrogen) atoms. The average molecular weight is 203 g/mol. The Labute approximate surface area is 74.8 Å². The predicted molar refractivity (Wildman–Crippen MR) is 41.7 cm³/mol. The molecule has 0 saturated carbocycles. The van der Waals surface area contributed by atoms with Gasteiger partial charge < -0.3 is 4.98 Å². The molecule has 2 aromatic heterocycles. The molecule has 0 radical (unpaired) electrons. The van der Waals surface area contributed by atoms with Crippen LogP contribution in [0.25, 0.3) is 10.9 Å². The zero-order chi connectivity index (χ0) is 10.3. The van der Waals surface area contributed by atoms with E-state index in [1.54, 1.807) is 0 Å². The zero-order valence-electron chi connectivity index (χ0n) is 6.64. The van der Waals surface area contributed by atoms with Gasteiger partial charge in [-0.2, -0.15) is 18.3 Å². The number of alkyl halides is 3. The molecule has 0 aliphatic heterocycles. The summed E-state index contributed by atoms with van der Waals surface area (Å²) in [4.78, 5) is 13.1. The van der Waals surface area contributed by atoms with E-state index in [0.717, 1.165) is 12.3 Å². The molecule has 0 aromatic carbocycles. The Bertz CT molecular complexity index is 525. The van der Waals surface area contributed by atoms with Gasteiger partial charge in [0.05, 0.1) is 17.1 Å². The summed E-state index contributed by atoms with van der Waals surface area (Å²) in [6, 6.07) is 0.760. The maximum atomic E-state index is 12.2. The van der Waals surface area contributed by atoms with Crippen molar-refractivity contribution < 1.29 is 13.2 Å². The molecule has 2 aromatic rings. The first-order valence-corrected chi connectivity index (χ1v) is 3.62. The van der Waals surface area contributed by atoms with Crippen LogP contribution in [-0.2, 0) is 6.18 Å². The highest BCUT2D eigenvalue weighted by Crippen LogP contribution is 2.29. The van der Waals surface area contributed by atoms with Gasteiger partial charge in [0.1, 0.15) is 5.69 Å². The van der Waals surface area contributed by atoms with Crippen LogP contribution in [0.2, 0.25) is 0 Å². The Kier molecular flexibility index (Phi) is 1.63. The Balaban J connectivity index is 2.75. The molecule has 0 amide bonds. The fraction of sp³-hybridized carbons (Fsp3) is 0.143. The van der Waals surface area contributed by atoms with E-state index in [0.29, 0.717) is 0 Å². The molecule has 0 bridgehead atoms. The van der Waals surface area contributed by atoms with Crippen LogP contribution >= 0.6 is 0 Å². The third kappa shape index (κ3) is 1.26. The average Bonchev–Trinajstić information content (AvgIpc) is 2.48. The molecule has 0 aliphatic rings. The van der Waals surface area contributed by atoms with E-state index in [1.807, 2.05) is 5.10 Å². The number of rotatable bonds is 0. The lowest BCUT2D eigenvalue weighted by Gasteiger charge is -2.00. The maximum absolute atomic E-state index is 12.2. The van der Waals surface area contributed by atoms with Crippen LogP contribution < -0.4 is 5.56 Å². The summed E-state index contributed by atoms with van der Waals surface area (Å²) >= 11 is 0. The van der Waals surface area contributed by atoms with E-state index in [1.165, 1.54) is 0 Å². The number of aromatic nitrogens is 3. The van der Waals surface area contributed by atoms with Gasteiger partial charge in [0.15, 0.2) is 0 Å². The van der Waals surface area contributed by atoms with E-state index in [2.05, 4.69) is 10.1 Å². The molecule has 0 fully saturated rings. The van der Waals surface area contributed by atoms with Crippen molar-refractivity contribution in [3.8, 4) is 0 Å². The van der Waals surface area contributed by atoms with Gasteiger partial charge in [-0.25, -0.2) is 5.10 Å². The number of fused-ring (bicyclic) bond motifs is 1. The van der Waals surface area contributed by atoms with Gasteiger partial charge in [0.25, 0.3) is 5.56 Å². The normalized spacial score (nSPS) is 12.2. The third-order valence-electron chi connectivity index (χ3n) is 1.76. The van der Waals surface area contributed by atoms with Crippen molar-refractivity contribution in [3.63, 3.8) is 0 Å². The zero-order valence-corrected chi connectivity index (χ0v) is 6.64. The van der Waals surface area contributed by atoms with Crippen molar-refractivity contribution >= 4 is 10.9 Å². The molecular formula is C7H4F3N3O. The van der Waals surface area contributed by atoms with Gasteiger partial charge in [0.2, 0.25) is 0 Å². The summed E-state index contributed by atoms with van der Waals surface area (Å²) in [5.74, 6) is 0. The minimum atomic E-state index is -4.48. The second kappa shape index (κ2) is 2.60. The number of nitrogens with one attached hydrogen (secondary N) is 2. The molecule has 2 N–H and O–H groups in total. The molecule has 0 atom stereocenters. The van der Waals surface area contributed by atoms with Gasteiger partial charge in [0, 0.05) is 0 Å². The number of hydrogen-bond acceptors (Lipinski definition) is 2. The molecule has 0 aliphatic carbocycles. The Hall–Kier alpha value is -1.79. The smallest absolute Gasteiger partial charge is 0.350 e. The van der Waals surface area contributed by atoms with E-state index in [9.17, 15) is 18.0 Å².